The highest BCUT2D eigenvalue weighted by Crippen LogP contribution is 2.30. The number of piperidine rings is 1. The minimum atomic E-state index is -0.140. The van der Waals surface area contributed by atoms with Crippen molar-refractivity contribution in [2.45, 2.75) is 25.3 Å². The molecule has 5 rings (SSSR count). The fourth-order valence-corrected chi connectivity index (χ4v) is 5.15. The van der Waals surface area contributed by atoms with E-state index in [1.54, 1.807) is 43.1 Å². The van der Waals surface area contributed by atoms with Crippen LogP contribution in [0.2, 0.25) is 0 Å². The fraction of sp³-hybridized carbons (Fsp3) is 0.357. The van der Waals surface area contributed by atoms with Gasteiger partial charge in [0.05, 0.1) is 5.69 Å². The molecule has 1 amide bonds. The third-order valence-corrected chi connectivity index (χ3v) is 7.34. The summed E-state index contributed by atoms with van der Waals surface area (Å²) in [5.41, 5.74) is 4.68. The standard InChI is InChI=1S/C28H33N7O2/c1-29-25-16-26(36)35(18-31-25)24-9-12-30-27-23(24)15-22(33(27)4)17-34-13-10-20(11-14-34)19-5-7-21(8-6-19)28(37)32(2)3/h5-9,12,15-16,18,20,29H,10-11,13-14,17H2,1-4H3. The Morgan fingerprint density at radius 1 is 1.08 bits per heavy atom. The fourth-order valence-electron chi connectivity index (χ4n) is 5.15. The number of fused-ring (bicyclic) bond motifs is 1. The molecule has 4 heterocycles. The largest absolute Gasteiger partial charge is 0.373 e. The first-order valence-electron chi connectivity index (χ1n) is 12.6. The molecule has 1 aromatic carbocycles. The molecule has 1 aliphatic rings. The molecule has 0 aliphatic carbocycles. The van der Waals surface area contributed by atoms with Gasteiger partial charge >= 0.3 is 0 Å². The molecule has 0 unspecified atom stereocenters. The van der Waals surface area contributed by atoms with Crippen LogP contribution < -0.4 is 10.9 Å². The molecule has 0 atom stereocenters. The highest BCUT2D eigenvalue weighted by molar-refractivity contribution is 5.93. The summed E-state index contributed by atoms with van der Waals surface area (Å²) in [4.78, 5) is 37.9. The Morgan fingerprint density at radius 2 is 1.81 bits per heavy atom. The average molecular weight is 500 g/mol. The minimum Gasteiger partial charge on any atom is -0.373 e. The van der Waals surface area contributed by atoms with Gasteiger partial charge in [0.1, 0.15) is 17.8 Å². The summed E-state index contributed by atoms with van der Waals surface area (Å²) in [6, 6.07) is 13.6. The van der Waals surface area contributed by atoms with Gasteiger partial charge in [0.15, 0.2) is 0 Å². The van der Waals surface area contributed by atoms with Crippen LogP contribution in [-0.4, -0.2) is 69.0 Å². The van der Waals surface area contributed by atoms with Gasteiger partial charge < -0.3 is 14.8 Å². The van der Waals surface area contributed by atoms with Crippen molar-refractivity contribution in [1.29, 1.82) is 0 Å². The lowest BCUT2D eigenvalue weighted by atomic mass is 9.89. The van der Waals surface area contributed by atoms with Gasteiger partial charge in [-0.2, -0.15) is 0 Å². The quantitative estimate of drug-likeness (QED) is 0.438. The lowest BCUT2D eigenvalue weighted by molar-refractivity contribution is 0.0827. The van der Waals surface area contributed by atoms with Gasteiger partial charge in [-0.25, -0.2) is 9.97 Å². The first kappa shape index (κ1) is 24.7. The maximum absolute atomic E-state index is 12.7. The SMILES string of the molecule is CNc1cc(=O)n(-c2ccnc3c2cc(CN2CCC(c4ccc(C(=O)N(C)C)cc4)CC2)n3C)cn1. The summed E-state index contributed by atoms with van der Waals surface area (Å²) in [5.74, 6) is 1.08. The number of pyridine rings is 1. The molecule has 192 valence electrons. The van der Waals surface area contributed by atoms with E-state index in [2.05, 4.69) is 43.0 Å². The van der Waals surface area contributed by atoms with Crippen LogP contribution in [-0.2, 0) is 13.6 Å². The number of carbonyl (C=O) groups is 1. The van der Waals surface area contributed by atoms with Crippen molar-refractivity contribution in [2.75, 3.05) is 39.5 Å². The van der Waals surface area contributed by atoms with Crippen molar-refractivity contribution in [3.05, 3.63) is 82.2 Å². The van der Waals surface area contributed by atoms with Gasteiger partial charge in [0.2, 0.25) is 0 Å². The second-order valence-corrected chi connectivity index (χ2v) is 9.87. The number of hydrogen-bond acceptors (Lipinski definition) is 6. The number of anilines is 1. The van der Waals surface area contributed by atoms with Crippen molar-refractivity contribution >= 4 is 22.8 Å². The molecule has 1 fully saturated rings. The summed E-state index contributed by atoms with van der Waals surface area (Å²) in [5, 5.41) is 3.84. The molecular weight excluding hydrogens is 466 g/mol. The number of aromatic nitrogens is 4. The zero-order valence-corrected chi connectivity index (χ0v) is 21.8. The van der Waals surface area contributed by atoms with E-state index >= 15 is 0 Å². The highest BCUT2D eigenvalue weighted by atomic mass is 16.2. The monoisotopic (exact) mass is 499 g/mol. The Labute approximate surface area is 216 Å². The van der Waals surface area contributed by atoms with E-state index in [-0.39, 0.29) is 11.5 Å². The van der Waals surface area contributed by atoms with Crippen LogP contribution in [0.25, 0.3) is 16.7 Å². The maximum Gasteiger partial charge on any atom is 0.260 e. The molecule has 0 bridgehead atoms. The predicted octanol–water partition coefficient (Wildman–Crippen LogP) is 3.24. The third-order valence-electron chi connectivity index (χ3n) is 7.34. The van der Waals surface area contributed by atoms with Gasteiger partial charge in [-0.05, 0) is 61.7 Å². The lowest BCUT2D eigenvalue weighted by Gasteiger charge is -2.32. The smallest absolute Gasteiger partial charge is 0.260 e. The number of carbonyl (C=O) groups excluding carboxylic acids is 1. The molecule has 0 saturated carbocycles. The van der Waals surface area contributed by atoms with Gasteiger partial charge in [0.25, 0.3) is 11.5 Å². The Hall–Kier alpha value is -3.98. The Morgan fingerprint density at radius 3 is 2.46 bits per heavy atom. The number of hydrogen-bond donors (Lipinski definition) is 1. The number of amides is 1. The first-order chi connectivity index (χ1) is 17.9. The molecule has 3 aromatic heterocycles. The van der Waals surface area contributed by atoms with Crippen LogP contribution in [0.15, 0.2) is 59.8 Å². The number of benzene rings is 1. The number of likely N-dealkylation sites (tertiary alicyclic amines) is 1. The molecular formula is C28H33N7O2. The summed E-state index contributed by atoms with van der Waals surface area (Å²) in [6.07, 6.45) is 5.45. The van der Waals surface area contributed by atoms with Crippen molar-refractivity contribution < 1.29 is 4.79 Å². The van der Waals surface area contributed by atoms with E-state index in [1.807, 2.05) is 25.2 Å². The van der Waals surface area contributed by atoms with Crippen LogP contribution in [0.5, 0.6) is 0 Å². The van der Waals surface area contributed by atoms with Crippen LogP contribution in [0.1, 0.15) is 40.4 Å². The third kappa shape index (κ3) is 4.86. The minimum absolute atomic E-state index is 0.0325. The highest BCUT2D eigenvalue weighted by Gasteiger charge is 2.23. The van der Waals surface area contributed by atoms with Gasteiger partial charge in [-0.3, -0.25) is 19.1 Å². The number of nitrogens with zero attached hydrogens (tertiary/aromatic N) is 6. The van der Waals surface area contributed by atoms with E-state index in [0.717, 1.165) is 60.5 Å². The second kappa shape index (κ2) is 10.2. The maximum atomic E-state index is 12.7. The normalized spacial score (nSPS) is 14.7. The molecule has 37 heavy (non-hydrogen) atoms. The summed E-state index contributed by atoms with van der Waals surface area (Å²) in [7, 11) is 7.32. The zero-order chi connectivity index (χ0) is 26.1. The molecule has 0 radical (unpaired) electrons. The van der Waals surface area contributed by atoms with E-state index in [4.69, 9.17) is 0 Å². The average Bonchev–Trinajstić information content (AvgIpc) is 3.24. The van der Waals surface area contributed by atoms with Crippen LogP contribution in [0.3, 0.4) is 0 Å². The van der Waals surface area contributed by atoms with Gasteiger partial charge in [-0.1, -0.05) is 12.1 Å². The van der Waals surface area contributed by atoms with Crippen molar-refractivity contribution in [1.82, 2.24) is 28.9 Å². The van der Waals surface area contributed by atoms with E-state index in [1.165, 1.54) is 11.6 Å². The molecule has 4 aromatic rings. The molecule has 9 heteroatoms. The van der Waals surface area contributed by atoms with Crippen LogP contribution in [0.4, 0.5) is 5.82 Å². The summed E-state index contributed by atoms with van der Waals surface area (Å²) in [6.45, 7) is 2.82. The van der Waals surface area contributed by atoms with E-state index in [9.17, 15) is 9.59 Å². The van der Waals surface area contributed by atoms with Gasteiger partial charge in [-0.15, -0.1) is 0 Å². The first-order valence-corrected chi connectivity index (χ1v) is 12.6. The number of nitrogens with one attached hydrogen (secondary N) is 1. The Bertz CT molecular complexity index is 1480. The summed E-state index contributed by atoms with van der Waals surface area (Å²) < 4.78 is 3.68. The molecule has 0 spiro atoms. The lowest BCUT2D eigenvalue weighted by Crippen LogP contribution is -2.33. The van der Waals surface area contributed by atoms with E-state index in [0.29, 0.717) is 11.7 Å². The molecule has 1 aliphatic heterocycles. The topological polar surface area (TPSA) is 88.3 Å². The molecule has 1 N–H and O–H groups in total. The summed E-state index contributed by atoms with van der Waals surface area (Å²) >= 11 is 0. The number of aryl methyl sites for hydroxylation is 1. The Kier molecular flexibility index (Phi) is 6.80. The van der Waals surface area contributed by atoms with Gasteiger partial charge in [0, 0.05) is 63.6 Å². The zero-order valence-electron chi connectivity index (χ0n) is 21.8. The van der Waals surface area contributed by atoms with Crippen LogP contribution in [0, 0.1) is 0 Å². The van der Waals surface area contributed by atoms with Crippen molar-refractivity contribution in [3.63, 3.8) is 0 Å². The predicted molar refractivity (Wildman–Crippen MR) is 145 cm³/mol. The molecule has 9 nitrogen and oxygen atoms in total. The number of rotatable bonds is 6. The Balaban J connectivity index is 1.30. The van der Waals surface area contributed by atoms with E-state index < -0.39 is 0 Å². The molecule has 1 saturated heterocycles. The second-order valence-electron chi connectivity index (χ2n) is 9.87. The van der Waals surface area contributed by atoms with Crippen LogP contribution >= 0.6 is 0 Å². The van der Waals surface area contributed by atoms with Crippen molar-refractivity contribution in [3.8, 4) is 5.69 Å². The van der Waals surface area contributed by atoms with Crippen molar-refractivity contribution in [2.24, 2.45) is 7.05 Å².